The van der Waals surface area contributed by atoms with E-state index in [4.69, 9.17) is 9.84 Å². The maximum atomic E-state index is 12.9. The monoisotopic (exact) mass is 322 g/mol. The van der Waals surface area contributed by atoms with E-state index in [0.29, 0.717) is 0 Å². The number of carbonyl (C=O) groups is 1. The number of fused-ring (bicyclic) bond motifs is 1. The summed E-state index contributed by atoms with van der Waals surface area (Å²) < 4.78 is 56.3. The SMILES string of the molecule is O=C1COc2ccc(S(=O)(=O)NCC(F)(F)CO)cc2N1. The predicted molar refractivity (Wildman–Crippen MR) is 67.8 cm³/mol. The van der Waals surface area contributed by atoms with E-state index in [-0.39, 0.29) is 22.9 Å². The second kappa shape index (κ2) is 5.54. The zero-order valence-corrected chi connectivity index (χ0v) is 11.4. The van der Waals surface area contributed by atoms with E-state index < -0.39 is 35.0 Å². The Balaban J connectivity index is 2.21. The Morgan fingerprint density at radius 3 is 2.81 bits per heavy atom. The van der Waals surface area contributed by atoms with Crippen LogP contribution in [0.5, 0.6) is 5.75 Å². The average Bonchev–Trinajstić information content (AvgIpc) is 2.44. The van der Waals surface area contributed by atoms with Crippen molar-refractivity contribution in [3.05, 3.63) is 18.2 Å². The second-order valence-corrected chi connectivity index (χ2v) is 6.10. The quantitative estimate of drug-likeness (QED) is 0.703. The standard InChI is InChI=1S/C11H12F2N2O5S/c12-11(13,6-16)5-14-21(18,19)7-1-2-9-8(3-7)15-10(17)4-20-9/h1-3,14,16H,4-6H2,(H,15,17). The van der Waals surface area contributed by atoms with Gasteiger partial charge in [-0.2, -0.15) is 0 Å². The molecule has 1 aliphatic heterocycles. The summed E-state index contributed by atoms with van der Waals surface area (Å²) in [7, 11) is -4.20. The molecule has 0 aromatic heterocycles. The first-order valence-electron chi connectivity index (χ1n) is 5.78. The van der Waals surface area contributed by atoms with E-state index in [9.17, 15) is 22.0 Å². The van der Waals surface area contributed by atoms with Gasteiger partial charge in [-0.15, -0.1) is 0 Å². The highest BCUT2D eigenvalue weighted by molar-refractivity contribution is 7.89. The van der Waals surface area contributed by atoms with Crippen LogP contribution in [-0.2, 0) is 14.8 Å². The summed E-state index contributed by atoms with van der Waals surface area (Å²) in [5.41, 5.74) is 0.142. The molecule has 0 atom stereocenters. The van der Waals surface area contributed by atoms with Gasteiger partial charge in [0.1, 0.15) is 12.4 Å². The summed E-state index contributed by atoms with van der Waals surface area (Å²) in [4.78, 5) is 10.8. The summed E-state index contributed by atoms with van der Waals surface area (Å²) in [6, 6.07) is 3.58. The zero-order chi connectivity index (χ0) is 15.7. The average molecular weight is 322 g/mol. The molecule has 0 radical (unpaired) electrons. The van der Waals surface area contributed by atoms with Gasteiger partial charge in [0.25, 0.3) is 11.8 Å². The minimum Gasteiger partial charge on any atom is -0.482 e. The van der Waals surface area contributed by atoms with Crippen LogP contribution in [0.4, 0.5) is 14.5 Å². The highest BCUT2D eigenvalue weighted by Gasteiger charge is 2.30. The van der Waals surface area contributed by atoms with Crippen molar-refractivity contribution in [3.8, 4) is 5.75 Å². The Morgan fingerprint density at radius 2 is 2.14 bits per heavy atom. The summed E-state index contributed by atoms with van der Waals surface area (Å²) in [5, 5.41) is 10.8. The van der Waals surface area contributed by atoms with Crippen LogP contribution in [0.15, 0.2) is 23.1 Å². The van der Waals surface area contributed by atoms with Gasteiger partial charge in [0, 0.05) is 0 Å². The van der Waals surface area contributed by atoms with Gasteiger partial charge in [-0.3, -0.25) is 4.79 Å². The minimum absolute atomic E-state index is 0.142. The van der Waals surface area contributed by atoms with Crippen LogP contribution in [-0.4, -0.2) is 45.1 Å². The molecule has 21 heavy (non-hydrogen) atoms. The lowest BCUT2D eigenvalue weighted by atomic mass is 10.2. The number of aliphatic hydroxyl groups excluding tert-OH is 1. The summed E-state index contributed by atoms with van der Waals surface area (Å²) in [6.45, 7) is -2.88. The number of ether oxygens (including phenoxy) is 1. The number of benzene rings is 1. The number of carbonyl (C=O) groups excluding carboxylic acids is 1. The Kier molecular flexibility index (Phi) is 4.12. The van der Waals surface area contributed by atoms with E-state index in [1.807, 2.05) is 0 Å². The van der Waals surface area contributed by atoms with Crippen molar-refractivity contribution in [2.45, 2.75) is 10.8 Å². The van der Waals surface area contributed by atoms with Crippen molar-refractivity contribution >= 4 is 21.6 Å². The van der Waals surface area contributed by atoms with E-state index in [0.717, 1.165) is 12.1 Å². The smallest absolute Gasteiger partial charge is 0.283 e. The lowest BCUT2D eigenvalue weighted by Crippen LogP contribution is -2.39. The third-order valence-corrected chi connectivity index (χ3v) is 4.05. The fourth-order valence-corrected chi connectivity index (χ4v) is 2.66. The minimum atomic E-state index is -4.20. The molecule has 0 aliphatic carbocycles. The molecule has 1 aromatic carbocycles. The van der Waals surface area contributed by atoms with E-state index in [1.165, 1.54) is 6.07 Å². The normalized spacial score (nSPS) is 15.1. The molecule has 0 saturated carbocycles. The van der Waals surface area contributed by atoms with Gasteiger partial charge >= 0.3 is 0 Å². The number of alkyl halides is 2. The lowest BCUT2D eigenvalue weighted by Gasteiger charge is -2.19. The van der Waals surface area contributed by atoms with Crippen molar-refractivity contribution in [2.75, 3.05) is 25.1 Å². The van der Waals surface area contributed by atoms with Crippen LogP contribution in [0.2, 0.25) is 0 Å². The molecule has 0 fully saturated rings. The molecule has 1 amide bonds. The van der Waals surface area contributed by atoms with Crippen LogP contribution in [0.25, 0.3) is 0 Å². The van der Waals surface area contributed by atoms with Gasteiger partial charge in [-0.05, 0) is 18.2 Å². The number of amides is 1. The van der Waals surface area contributed by atoms with Crippen LogP contribution in [0.3, 0.4) is 0 Å². The highest BCUT2D eigenvalue weighted by Crippen LogP contribution is 2.30. The lowest BCUT2D eigenvalue weighted by molar-refractivity contribution is -0.118. The number of hydrogen-bond acceptors (Lipinski definition) is 5. The Labute approximate surface area is 119 Å². The molecule has 3 N–H and O–H groups in total. The largest absolute Gasteiger partial charge is 0.482 e. The Bertz CT molecular complexity index is 663. The zero-order valence-electron chi connectivity index (χ0n) is 10.6. The second-order valence-electron chi connectivity index (χ2n) is 4.33. The fraction of sp³-hybridized carbons (Fsp3) is 0.364. The number of hydrogen-bond donors (Lipinski definition) is 3. The summed E-state index contributed by atoms with van der Waals surface area (Å²) >= 11 is 0. The molecule has 0 saturated heterocycles. The van der Waals surface area contributed by atoms with Gasteiger partial charge in [0.15, 0.2) is 6.61 Å². The number of halogens is 2. The van der Waals surface area contributed by atoms with Crippen molar-refractivity contribution in [1.82, 2.24) is 4.72 Å². The van der Waals surface area contributed by atoms with E-state index in [1.54, 1.807) is 4.72 Å². The molecule has 0 bridgehead atoms. The number of sulfonamides is 1. The molecule has 10 heteroatoms. The maximum absolute atomic E-state index is 12.9. The maximum Gasteiger partial charge on any atom is 0.283 e. The number of rotatable bonds is 5. The molecule has 0 unspecified atom stereocenters. The summed E-state index contributed by atoms with van der Waals surface area (Å²) in [6.07, 6.45) is 0. The van der Waals surface area contributed by atoms with Crippen LogP contribution >= 0.6 is 0 Å². The highest BCUT2D eigenvalue weighted by atomic mass is 32.2. The first-order chi connectivity index (χ1) is 9.73. The number of nitrogens with one attached hydrogen (secondary N) is 2. The molecular weight excluding hydrogens is 310 g/mol. The van der Waals surface area contributed by atoms with Crippen molar-refractivity contribution in [2.24, 2.45) is 0 Å². The molecule has 116 valence electrons. The van der Waals surface area contributed by atoms with Crippen molar-refractivity contribution in [3.63, 3.8) is 0 Å². The van der Waals surface area contributed by atoms with E-state index in [2.05, 4.69) is 5.32 Å². The van der Waals surface area contributed by atoms with Gasteiger partial charge in [-0.25, -0.2) is 21.9 Å². The molecule has 7 nitrogen and oxygen atoms in total. The van der Waals surface area contributed by atoms with Gasteiger partial charge in [0.05, 0.1) is 17.1 Å². The van der Waals surface area contributed by atoms with Crippen LogP contribution in [0, 0.1) is 0 Å². The first kappa shape index (κ1) is 15.6. The van der Waals surface area contributed by atoms with Crippen LogP contribution < -0.4 is 14.8 Å². The molecule has 1 aliphatic rings. The molecular formula is C11H12F2N2O5S. The molecule has 1 aromatic rings. The number of anilines is 1. The Morgan fingerprint density at radius 1 is 1.43 bits per heavy atom. The third kappa shape index (κ3) is 3.65. The number of aliphatic hydroxyl groups is 1. The van der Waals surface area contributed by atoms with Gasteiger partial charge < -0.3 is 15.2 Å². The summed E-state index contributed by atoms with van der Waals surface area (Å²) in [5.74, 6) is -3.72. The van der Waals surface area contributed by atoms with Gasteiger partial charge in [0.2, 0.25) is 10.0 Å². The predicted octanol–water partition coefficient (Wildman–Crippen LogP) is -0.0766. The third-order valence-electron chi connectivity index (χ3n) is 2.65. The van der Waals surface area contributed by atoms with Crippen LogP contribution in [0.1, 0.15) is 0 Å². The molecule has 1 heterocycles. The van der Waals surface area contributed by atoms with E-state index >= 15 is 0 Å². The first-order valence-corrected chi connectivity index (χ1v) is 7.27. The Hall–Kier alpha value is -1.78. The molecule has 0 spiro atoms. The molecule has 2 rings (SSSR count). The fourth-order valence-electron chi connectivity index (χ4n) is 1.57. The van der Waals surface area contributed by atoms with Crippen molar-refractivity contribution in [1.29, 1.82) is 0 Å². The van der Waals surface area contributed by atoms with Gasteiger partial charge in [-0.1, -0.05) is 0 Å². The van der Waals surface area contributed by atoms with Crippen molar-refractivity contribution < 1.29 is 31.8 Å². The topological polar surface area (TPSA) is 105 Å².